The maximum Gasteiger partial charge on any atom is 0.147 e. The van der Waals surface area contributed by atoms with E-state index in [1.54, 1.807) is 0 Å². The number of ether oxygens (including phenoxy) is 2. The molecule has 1 aliphatic carbocycles. The minimum Gasteiger partial charge on any atom is -0.356 e. The highest BCUT2D eigenvalue weighted by Gasteiger charge is 2.18. The summed E-state index contributed by atoms with van der Waals surface area (Å²) < 4.78 is 10.7. The average Bonchev–Trinajstić information content (AvgIpc) is 2.54. The van der Waals surface area contributed by atoms with Crippen LogP contribution in [0, 0.1) is 0 Å². The average molecular weight is 182 g/mol. The first-order chi connectivity index (χ1) is 6.38. The van der Waals surface area contributed by atoms with Gasteiger partial charge in [0.15, 0.2) is 0 Å². The first kappa shape index (κ1) is 10.5. The topological polar surface area (TPSA) is 18.5 Å². The Bertz CT molecular complexity index is 185. The molecule has 2 nitrogen and oxygen atoms in total. The van der Waals surface area contributed by atoms with Gasteiger partial charge in [0.1, 0.15) is 6.79 Å². The fraction of sp³-hybridized carbons (Fsp3) is 0.636. The van der Waals surface area contributed by atoms with Crippen molar-refractivity contribution in [2.24, 2.45) is 0 Å². The molecule has 0 aromatic heterocycles. The van der Waals surface area contributed by atoms with Crippen molar-refractivity contribution in [3.8, 4) is 0 Å². The first-order valence-corrected chi connectivity index (χ1v) is 4.87. The van der Waals surface area contributed by atoms with E-state index in [2.05, 4.69) is 12.7 Å². The minimum absolute atomic E-state index is 0.268. The van der Waals surface area contributed by atoms with Gasteiger partial charge in [0.2, 0.25) is 0 Å². The van der Waals surface area contributed by atoms with Gasteiger partial charge in [-0.25, -0.2) is 0 Å². The second-order valence-corrected chi connectivity index (χ2v) is 3.12. The third-order valence-corrected chi connectivity index (χ3v) is 2.19. The summed E-state index contributed by atoms with van der Waals surface area (Å²) in [6.45, 7) is 6.83. The Morgan fingerprint density at radius 2 is 2.54 bits per heavy atom. The second-order valence-electron chi connectivity index (χ2n) is 3.12. The standard InChI is InChI=1S/C11H18O2/c1-3-6-10-7-5-8-11(10)13-9-12-4-2/h3,7,11H,1,4-6,8-9H2,2H3. The second kappa shape index (κ2) is 5.95. The van der Waals surface area contributed by atoms with Crippen molar-refractivity contribution < 1.29 is 9.47 Å². The summed E-state index contributed by atoms with van der Waals surface area (Å²) in [5.41, 5.74) is 1.36. The SMILES string of the molecule is C=CCC1=CCCC1OCOCC. The summed E-state index contributed by atoms with van der Waals surface area (Å²) in [7, 11) is 0. The first-order valence-electron chi connectivity index (χ1n) is 4.87. The highest BCUT2D eigenvalue weighted by Crippen LogP contribution is 2.24. The summed E-state index contributed by atoms with van der Waals surface area (Å²) in [4.78, 5) is 0. The Labute approximate surface area is 80.2 Å². The summed E-state index contributed by atoms with van der Waals surface area (Å²) in [5, 5.41) is 0. The Balaban J connectivity index is 2.25. The normalized spacial score (nSPS) is 21.6. The molecule has 0 bridgehead atoms. The third-order valence-electron chi connectivity index (χ3n) is 2.19. The van der Waals surface area contributed by atoms with Gasteiger partial charge in [0.25, 0.3) is 0 Å². The van der Waals surface area contributed by atoms with Gasteiger partial charge in [0, 0.05) is 6.61 Å². The molecule has 0 amide bonds. The van der Waals surface area contributed by atoms with Crippen LogP contribution in [-0.2, 0) is 9.47 Å². The summed E-state index contributed by atoms with van der Waals surface area (Å²) in [6, 6.07) is 0. The molecule has 0 radical (unpaired) electrons. The molecular weight excluding hydrogens is 164 g/mol. The Hall–Kier alpha value is -0.600. The molecule has 0 aliphatic heterocycles. The highest BCUT2D eigenvalue weighted by molar-refractivity contribution is 5.16. The zero-order valence-corrected chi connectivity index (χ0v) is 8.29. The van der Waals surface area contributed by atoms with Crippen LogP contribution in [0.3, 0.4) is 0 Å². The number of hydrogen-bond acceptors (Lipinski definition) is 2. The number of hydrogen-bond donors (Lipinski definition) is 0. The van der Waals surface area contributed by atoms with E-state index in [1.165, 1.54) is 5.57 Å². The smallest absolute Gasteiger partial charge is 0.147 e. The summed E-state index contributed by atoms with van der Waals surface area (Å²) >= 11 is 0. The highest BCUT2D eigenvalue weighted by atomic mass is 16.7. The van der Waals surface area contributed by atoms with Crippen LogP contribution in [-0.4, -0.2) is 19.5 Å². The van der Waals surface area contributed by atoms with Crippen molar-refractivity contribution in [2.45, 2.75) is 32.3 Å². The molecule has 74 valence electrons. The molecule has 1 rings (SSSR count). The van der Waals surface area contributed by atoms with Gasteiger partial charge < -0.3 is 9.47 Å². The maximum absolute atomic E-state index is 5.57. The van der Waals surface area contributed by atoms with E-state index in [4.69, 9.17) is 9.47 Å². The van der Waals surface area contributed by atoms with E-state index < -0.39 is 0 Å². The van der Waals surface area contributed by atoms with Crippen LogP contribution in [0.4, 0.5) is 0 Å². The van der Waals surface area contributed by atoms with Crippen LogP contribution in [0.15, 0.2) is 24.3 Å². The minimum atomic E-state index is 0.268. The van der Waals surface area contributed by atoms with Crippen LogP contribution in [0.25, 0.3) is 0 Å². The number of allylic oxidation sites excluding steroid dienone is 2. The molecule has 0 aromatic carbocycles. The fourth-order valence-corrected chi connectivity index (χ4v) is 1.52. The van der Waals surface area contributed by atoms with E-state index in [9.17, 15) is 0 Å². The largest absolute Gasteiger partial charge is 0.356 e. The molecule has 0 spiro atoms. The van der Waals surface area contributed by atoms with E-state index in [0.29, 0.717) is 13.4 Å². The van der Waals surface area contributed by atoms with Gasteiger partial charge in [0.05, 0.1) is 6.10 Å². The van der Waals surface area contributed by atoms with Crippen LogP contribution >= 0.6 is 0 Å². The molecule has 13 heavy (non-hydrogen) atoms. The van der Waals surface area contributed by atoms with E-state index >= 15 is 0 Å². The van der Waals surface area contributed by atoms with E-state index in [-0.39, 0.29) is 6.10 Å². The lowest BCUT2D eigenvalue weighted by atomic mass is 10.1. The zero-order valence-electron chi connectivity index (χ0n) is 8.29. The Morgan fingerprint density at radius 3 is 3.23 bits per heavy atom. The molecule has 1 aliphatic rings. The molecule has 0 saturated heterocycles. The lowest BCUT2D eigenvalue weighted by molar-refractivity contribution is -0.0745. The van der Waals surface area contributed by atoms with Gasteiger partial charge in [-0.2, -0.15) is 0 Å². The molecule has 2 heteroatoms. The molecule has 1 atom stereocenters. The van der Waals surface area contributed by atoms with Crippen LogP contribution in [0.1, 0.15) is 26.2 Å². The van der Waals surface area contributed by atoms with Gasteiger partial charge >= 0.3 is 0 Å². The Kier molecular flexibility index (Phi) is 4.79. The monoisotopic (exact) mass is 182 g/mol. The lowest BCUT2D eigenvalue weighted by Gasteiger charge is -2.14. The van der Waals surface area contributed by atoms with Crippen LogP contribution < -0.4 is 0 Å². The molecule has 0 N–H and O–H groups in total. The maximum atomic E-state index is 5.57. The Morgan fingerprint density at radius 1 is 1.69 bits per heavy atom. The van der Waals surface area contributed by atoms with E-state index in [1.807, 2.05) is 13.0 Å². The predicted molar refractivity (Wildman–Crippen MR) is 53.5 cm³/mol. The fourth-order valence-electron chi connectivity index (χ4n) is 1.52. The van der Waals surface area contributed by atoms with Crippen LogP contribution in [0.2, 0.25) is 0 Å². The summed E-state index contributed by atoms with van der Waals surface area (Å²) in [6.07, 6.45) is 7.60. The third kappa shape index (κ3) is 3.33. The van der Waals surface area contributed by atoms with E-state index in [0.717, 1.165) is 19.3 Å². The van der Waals surface area contributed by atoms with Crippen LogP contribution in [0.5, 0.6) is 0 Å². The molecule has 0 heterocycles. The zero-order chi connectivity index (χ0) is 9.52. The quantitative estimate of drug-likeness (QED) is 0.357. The van der Waals surface area contributed by atoms with Crippen molar-refractivity contribution in [3.05, 3.63) is 24.3 Å². The molecular formula is C11H18O2. The van der Waals surface area contributed by atoms with Crippen molar-refractivity contribution in [1.82, 2.24) is 0 Å². The van der Waals surface area contributed by atoms with Gasteiger partial charge in [-0.05, 0) is 31.8 Å². The molecule has 0 aromatic rings. The van der Waals surface area contributed by atoms with Gasteiger partial charge in [-0.15, -0.1) is 6.58 Å². The van der Waals surface area contributed by atoms with Gasteiger partial charge in [-0.3, -0.25) is 0 Å². The molecule has 0 fully saturated rings. The lowest BCUT2D eigenvalue weighted by Crippen LogP contribution is -2.14. The van der Waals surface area contributed by atoms with Crippen molar-refractivity contribution in [3.63, 3.8) is 0 Å². The molecule has 1 unspecified atom stereocenters. The predicted octanol–water partition coefficient (Wildman–Crippen LogP) is 2.66. The summed E-state index contributed by atoms with van der Waals surface area (Å²) in [5.74, 6) is 0. The van der Waals surface area contributed by atoms with Crippen molar-refractivity contribution in [1.29, 1.82) is 0 Å². The number of rotatable bonds is 6. The van der Waals surface area contributed by atoms with Crippen molar-refractivity contribution >= 4 is 0 Å². The van der Waals surface area contributed by atoms with Gasteiger partial charge in [-0.1, -0.05) is 12.2 Å². The van der Waals surface area contributed by atoms with Crippen molar-refractivity contribution in [2.75, 3.05) is 13.4 Å². The molecule has 0 saturated carbocycles.